The molecule has 1 saturated heterocycles. The van der Waals surface area contributed by atoms with Crippen LogP contribution in [-0.4, -0.2) is 23.0 Å². The first-order valence-corrected chi connectivity index (χ1v) is 5.69. The Morgan fingerprint density at radius 3 is 2.67 bits per heavy atom. The summed E-state index contributed by atoms with van der Waals surface area (Å²) in [6.45, 7) is 4.51. The van der Waals surface area contributed by atoms with Gasteiger partial charge in [0, 0.05) is 11.8 Å². The third-order valence-corrected chi connectivity index (χ3v) is 3.65. The van der Waals surface area contributed by atoms with Gasteiger partial charge in [0.2, 0.25) is 0 Å². The van der Waals surface area contributed by atoms with Gasteiger partial charge >= 0.3 is 0 Å². The average Bonchev–Trinajstić information content (AvgIpc) is 2.33. The molecule has 0 spiro atoms. The minimum atomic E-state index is 0.617. The molecule has 68 valence electrons. The zero-order chi connectivity index (χ0) is 8.55. The van der Waals surface area contributed by atoms with Crippen LogP contribution in [0.5, 0.6) is 0 Å². The third kappa shape index (κ3) is 1.76. The smallest absolute Gasteiger partial charge is 0.157 e. The Bertz CT molecular complexity index is 197. The number of nitrogens with one attached hydrogen (secondary N) is 1. The van der Waals surface area contributed by atoms with Crippen molar-refractivity contribution >= 4 is 16.9 Å². The van der Waals surface area contributed by atoms with Crippen LogP contribution in [0.1, 0.15) is 26.7 Å². The molecule has 2 aliphatic rings. The lowest BCUT2D eigenvalue weighted by molar-refractivity contribution is 0.292. The number of thioether (sulfide) groups is 1. The number of aliphatic imine (C=N–C) groups is 1. The molecule has 3 heteroatoms. The maximum absolute atomic E-state index is 4.65. The lowest BCUT2D eigenvalue weighted by Gasteiger charge is -2.29. The molecule has 1 saturated carbocycles. The lowest BCUT2D eigenvalue weighted by Crippen LogP contribution is -2.29. The van der Waals surface area contributed by atoms with Crippen molar-refractivity contribution in [3.05, 3.63) is 0 Å². The quantitative estimate of drug-likeness (QED) is 0.672. The van der Waals surface area contributed by atoms with E-state index < -0.39 is 0 Å². The van der Waals surface area contributed by atoms with E-state index in [9.17, 15) is 0 Å². The first-order chi connectivity index (χ1) is 5.74. The van der Waals surface area contributed by atoms with Gasteiger partial charge in [0.05, 0.1) is 6.04 Å². The van der Waals surface area contributed by atoms with Crippen LogP contribution >= 0.6 is 11.8 Å². The summed E-state index contributed by atoms with van der Waals surface area (Å²) in [6, 6.07) is 1.24. The van der Waals surface area contributed by atoms with E-state index in [2.05, 4.69) is 24.2 Å². The Morgan fingerprint density at radius 2 is 2.17 bits per heavy atom. The average molecular weight is 184 g/mol. The Morgan fingerprint density at radius 1 is 1.42 bits per heavy atom. The van der Waals surface area contributed by atoms with Gasteiger partial charge in [-0.05, 0) is 25.7 Å². The summed E-state index contributed by atoms with van der Waals surface area (Å²) in [4.78, 5) is 4.65. The fraction of sp³-hybridized carbons (Fsp3) is 0.889. The van der Waals surface area contributed by atoms with Gasteiger partial charge in [-0.3, -0.25) is 4.99 Å². The van der Waals surface area contributed by atoms with Crippen LogP contribution in [0.25, 0.3) is 0 Å². The lowest BCUT2D eigenvalue weighted by atomic mass is 9.82. The summed E-state index contributed by atoms with van der Waals surface area (Å²) in [6.07, 6.45) is 2.58. The molecule has 0 amide bonds. The van der Waals surface area contributed by atoms with Crippen molar-refractivity contribution in [1.29, 1.82) is 0 Å². The Labute approximate surface area is 78.2 Å². The third-order valence-electron chi connectivity index (χ3n) is 2.49. The Balaban J connectivity index is 1.84. The molecule has 1 aliphatic heterocycles. The van der Waals surface area contributed by atoms with Crippen LogP contribution in [-0.2, 0) is 0 Å². The van der Waals surface area contributed by atoms with Crippen LogP contribution in [0, 0.1) is 5.92 Å². The molecule has 0 aromatic heterocycles. The molecule has 2 rings (SSSR count). The summed E-state index contributed by atoms with van der Waals surface area (Å²) in [5.74, 6) is 2.09. The zero-order valence-corrected chi connectivity index (χ0v) is 8.53. The highest BCUT2D eigenvalue weighted by Crippen LogP contribution is 2.30. The van der Waals surface area contributed by atoms with Crippen molar-refractivity contribution in [2.45, 2.75) is 38.8 Å². The van der Waals surface area contributed by atoms with E-state index in [-0.39, 0.29) is 0 Å². The zero-order valence-electron chi connectivity index (χ0n) is 7.71. The second kappa shape index (κ2) is 3.29. The highest BCUT2D eigenvalue weighted by Gasteiger charge is 2.26. The maximum atomic E-state index is 4.65. The summed E-state index contributed by atoms with van der Waals surface area (Å²) in [7, 11) is 0. The number of nitrogens with zero attached hydrogens (tertiary/aromatic N) is 1. The normalized spacial score (nSPS) is 44.2. The van der Waals surface area contributed by atoms with Crippen molar-refractivity contribution in [2.24, 2.45) is 10.9 Å². The van der Waals surface area contributed by atoms with E-state index >= 15 is 0 Å². The molecular formula is C9H16N2S. The predicted octanol–water partition coefficient (Wildman–Crippen LogP) is 1.87. The van der Waals surface area contributed by atoms with Crippen molar-refractivity contribution in [1.82, 2.24) is 5.32 Å². The van der Waals surface area contributed by atoms with Gasteiger partial charge in [-0.25, -0.2) is 0 Å². The summed E-state index contributed by atoms with van der Waals surface area (Å²) >= 11 is 1.87. The molecule has 1 aliphatic carbocycles. The second-order valence-corrected chi connectivity index (χ2v) is 5.03. The van der Waals surface area contributed by atoms with Crippen LogP contribution in [0.3, 0.4) is 0 Å². The van der Waals surface area contributed by atoms with Gasteiger partial charge in [-0.1, -0.05) is 18.7 Å². The van der Waals surface area contributed by atoms with Crippen molar-refractivity contribution < 1.29 is 0 Å². The molecule has 1 unspecified atom stereocenters. The summed E-state index contributed by atoms with van der Waals surface area (Å²) in [5.41, 5.74) is 0. The van der Waals surface area contributed by atoms with Gasteiger partial charge in [0.15, 0.2) is 5.17 Å². The Hall–Kier alpha value is -0.180. The highest BCUT2D eigenvalue weighted by atomic mass is 32.2. The number of hydrogen-bond donors (Lipinski definition) is 1. The molecule has 0 aromatic carbocycles. The largest absolute Gasteiger partial charge is 0.362 e. The van der Waals surface area contributed by atoms with E-state index in [0.717, 1.165) is 5.92 Å². The first kappa shape index (κ1) is 8.42. The molecule has 0 aromatic rings. The van der Waals surface area contributed by atoms with Crippen LogP contribution in [0.2, 0.25) is 0 Å². The maximum Gasteiger partial charge on any atom is 0.157 e. The molecular weight excluding hydrogens is 168 g/mol. The van der Waals surface area contributed by atoms with Gasteiger partial charge in [-0.2, -0.15) is 0 Å². The summed E-state index contributed by atoms with van der Waals surface area (Å²) < 4.78 is 0. The fourth-order valence-corrected chi connectivity index (χ4v) is 2.70. The van der Waals surface area contributed by atoms with Gasteiger partial charge in [0.1, 0.15) is 0 Å². The molecule has 1 heterocycles. The highest BCUT2D eigenvalue weighted by molar-refractivity contribution is 8.14. The van der Waals surface area contributed by atoms with Crippen molar-refractivity contribution in [3.63, 3.8) is 0 Å². The molecule has 1 N–H and O–H groups in total. The van der Waals surface area contributed by atoms with E-state index in [1.807, 2.05) is 11.8 Å². The van der Waals surface area contributed by atoms with Crippen molar-refractivity contribution in [2.75, 3.05) is 5.75 Å². The van der Waals surface area contributed by atoms with E-state index in [1.54, 1.807) is 0 Å². The van der Waals surface area contributed by atoms with Gasteiger partial charge in [-0.15, -0.1) is 0 Å². The van der Waals surface area contributed by atoms with E-state index in [4.69, 9.17) is 0 Å². The molecule has 0 radical (unpaired) electrons. The van der Waals surface area contributed by atoms with Crippen LogP contribution in [0.4, 0.5) is 0 Å². The molecule has 2 fully saturated rings. The first-order valence-electron chi connectivity index (χ1n) is 4.71. The monoisotopic (exact) mass is 184 g/mol. The summed E-state index contributed by atoms with van der Waals surface area (Å²) in [5, 5.41) is 4.56. The molecule has 12 heavy (non-hydrogen) atoms. The topological polar surface area (TPSA) is 24.4 Å². The minimum absolute atomic E-state index is 0.617. The van der Waals surface area contributed by atoms with Crippen molar-refractivity contribution in [3.8, 4) is 0 Å². The SMILES string of the molecule is CC1CC(N=C2NC(C)CS2)C1. The Kier molecular flexibility index (Phi) is 2.31. The standard InChI is InChI=1S/C9H16N2S/c1-6-3-8(4-6)11-9-10-7(2)5-12-9/h6-8H,3-5H2,1-2H3,(H,10,11). The van der Waals surface area contributed by atoms with Gasteiger partial charge in [0.25, 0.3) is 0 Å². The van der Waals surface area contributed by atoms with E-state index in [0.29, 0.717) is 12.1 Å². The molecule has 2 nitrogen and oxygen atoms in total. The fourth-order valence-electron chi connectivity index (χ4n) is 1.70. The predicted molar refractivity (Wildman–Crippen MR) is 54.7 cm³/mol. The molecule has 1 atom stereocenters. The second-order valence-electron chi connectivity index (χ2n) is 4.02. The number of amidine groups is 1. The van der Waals surface area contributed by atoms with E-state index in [1.165, 1.54) is 23.8 Å². The van der Waals surface area contributed by atoms with Gasteiger partial charge < -0.3 is 5.32 Å². The van der Waals surface area contributed by atoms with Crippen LogP contribution in [0.15, 0.2) is 4.99 Å². The molecule has 0 bridgehead atoms. The number of rotatable bonds is 1. The van der Waals surface area contributed by atoms with Crippen LogP contribution < -0.4 is 5.32 Å². The minimum Gasteiger partial charge on any atom is -0.362 e. The number of hydrogen-bond acceptors (Lipinski definition) is 2.